The Balaban J connectivity index is 2.18. The fourth-order valence-corrected chi connectivity index (χ4v) is 2.30. The Bertz CT molecular complexity index is 405. The molecule has 1 aliphatic rings. The summed E-state index contributed by atoms with van der Waals surface area (Å²) in [6, 6.07) is 5.52. The highest BCUT2D eigenvalue weighted by atomic mass is 16.5. The van der Waals surface area contributed by atoms with Gasteiger partial charge >= 0.3 is 0 Å². The first-order valence-electron chi connectivity index (χ1n) is 6.17. The largest absolute Gasteiger partial charge is 0.497 e. The third-order valence-electron chi connectivity index (χ3n) is 3.37. The zero-order valence-electron chi connectivity index (χ0n) is 11.1. The van der Waals surface area contributed by atoms with E-state index in [4.69, 9.17) is 14.2 Å². The summed E-state index contributed by atoms with van der Waals surface area (Å²) in [5.74, 6) is 1.72. The van der Waals surface area contributed by atoms with Crippen molar-refractivity contribution in [2.75, 3.05) is 20.8 Å². The zero-order chi connectivity index (χ0) is 13.1. The Morgan fingerprint density at radius 3 is 2.89 bits per heavy atom. The maximum Gasteiger partial charge on any atom is 0.125 e. The molecule has 0 radical (unpaired) electrons. The van der Waals surface area contributed by atoms with Crippen LogP contribution in [-0.2, 0) is 4.74 Å². The molecule has 1 N–H and O–H groups in total. The first kappa shape index (κ1) is 13.2. The molecule has 1 heterocycles. The fraction of sp³-hybridized carbons (Fsp3) is 0.571. The van der Waals surface area contributed by atoms with E-state index in [1.165, 1.54) is 0 Å². The van der Waals surface area contributed by atoms with Gasteiger partial charge < -0.3 is 19.3 Å². The molecule has 100 valence electrons. The average molecular weight is 252 g/mol. The Morgan fingerprint density at radius 2 is 2.22 bits per heavy atom. The number of methoxy groups -OCH3 is 2. The van der Waals surface area contributed by atoms with Gasteiger partial charge in [-0.15, -0.1) is 0 Å². The van der Waals surface area contributed by atoms with Crippen molar-refractivity contribution >= 4 is 0 Å². The summed E-state index contributed by atoms with van der Waals surface area (Å²) in [6.07, 6.45) is 0.0685. The van der Waals surface area contributed by atoms with E-state index < -0.39 is 6.10 Å². The molecule has 0 amide bonds. The van der Waals surface area contributed by atoms with Crippen LogP contribution >= 0.6 is 0 Å². The highest BCUT2D eigenvalue weighted by Crippen LogP contribution is 2.38. The lowest BCUT2D eigenvalue weighted by Gasteiger charge is -2.33. The number of ether oxygens (including phenoxy) is 3. The molecular formula is C14H20O4. The Labute approximate surface area is 107 Å². The van der Waals surface area contributed by atoms with E-state index in [2.05, 4.69) is 6.92 Å². The quantitative estimate of drug-likeness (QED) is 0.892. The number of aliphatic hydroxyl groups is 1. The van der Waals surface area contributed by atoms with Gasteiger partial charge in [-0.1, -0.05) is 6.92 Å². The fourth-order valence-electron chi connectivity index (χ4n) is 2.30. The molecule has 4 nitrogen and oxygen atoms in total. The van der Waals surface area contributed by atoms with Gasteiger partial charge in [-0.2, -0.15) is 0 Å². The summed E-state index contributed by atoms with van der Waals surface area (Å²) >= 11 is 0. The molecule has 4 heteroatoms. The van der Waals surface area contributed by atoms with Crippen LogP contribution in [0, 0.1) is 5.92 Å². The molecule has 0 saturated carbocycles. The monoisotopic (exact) mass is 252 g/mol. The van der Waals surface area contributed by atoms with E-state index in [1.54, 1.807) is 14.2 Å². The molecule has 3 atom stereocenters. The topological polar surface area (TPSA) is 47.9 Å². The minimum absolute atomic E-state index is 0.0131. The second-order valence-corrected chi connectivity index (χ2v) is 4.74. The van der Waals surface area contributed by atoms with E-state index in [0.29, 0.717) is 13.0 Å². The van der Waals surface area contributed by atoms with E-state index >= 15 is 0 Å². The van der Waals surface area contributed by atoms with Crippen LogP contribution < -0.4 is 9.47 Å². The molecule has 0 saturated heterocycles. The average Bonchev–Trinajstić information content (AvgIpc) is 2.38. The normalized spacial score (nSPS) is 24.0. The molecule has 1 aromatic rings. The molecule has 2 unspecified atom stereocenters. The summed E-state index contributed by atoms with van der Waals surface area (Å²) < 4.78 is 16.2. The molecule has 0 fully saturated rings. The van der Waals surface area contributed by atoms with Crippen LogP contribution in [0.5, 0.6) is 11.5 Å². The first-order chi connectivity index (χ1) is 8.65. The Morgan fingerprint density at radius 1 is 1.44 bits per heavy atom. The van der Waals surface area contributed by atoms with Crippen molar-refractivity contribution < 1.29 is 19.3 Å². The SMILES string of the molecule is COCC(C)C1C[C@H](O)c2cc(OC)ccc2O1. The predicted octanol–water partition coefficient (Wildman–Crippen LogP) is 2.16. The summed E-state index contributed by atoms with van der Waals surface area (Å²) in [4.78, 5) is 0. The van der Waals surface area contributed by atoms with Crippen molar-refractivity contribution in [3.05, 3.63) is 23.8 Å². The van der Waals surface area contributed by atoms with E-state index in [1.807, 2.05) is 18.2 Å². The van der Waals surface area contributed by atoms with Gasteiger partial charge in [0.1, 0.15) is 17.6 Å². The van der Waals surface area contributed by atoms with Gasteiger partial charge in [0.15, 0.2) is 0 Å². The number of benzene rings is 1. The third kappa shape index (κ3) is 2.60. The second-order valence-electron chi connectivity index (χ2n) is 4.74. The van der Waals surface area contributed by atoms with Gasteiger partial charge in [0.2, 0.25) is 0 Å². The van der Waals surface area contributed by atoms with Gasteiger partial charge in [0.05, 0.1) is 19.8 Å². The van der Waals surface area contributed by atoms with Crippen molar-refractivity contribution in [1.29, 1.82) is 0 Å². The van der Waals surface area contributed by atoms with Gasteiger partial charge in [0, 0.05) is 25.0 Å². The minimum Gasteiger partial charge on any atom is -0.497 e. The molecule has 0 aliphatic carbocycles. The molecule has 2 rings (SSSR count). The van der Waals surface area contributed by atoms with Crippen molar-refractivity contribution in [2.45, 2.75) is 25.6 Å². The standard InChI is InChI=1S/C14H20O4/c1-9(8-16-2)14-7-12(15)11-6-10(17-3)4-5-13(11)18-14/h4-6,9,12,14-15H,7-8H2,1-3H3/t9?,12-,14?/m0/s1. The molecule has 0 bridgehead atoms. The second kappa shape index (κ2) is 5.59. The van der Waals surface area contributed by atoms with E-state index in [9.17, 15) is 5.11 Å². The number of fused-ring (bicyclic) bond motifs is 1. The Kier molecular flexibility index (Phi) is 4.09. The van der Waals surface area contributed by atoms with Crippen molar-refractivity contribution in [2.24, 2.45) is 5.92 Å². The smallest absolute Gasteiger partial charge is 0.125 e. The van der Waals surface area contributed by atoms with Crippen LogP contribution in [0.2, 0.25) is 0 Å². The van der Waals surface area contributed by atoms with Crippen LogP contribution in [0.3, 0.4) is 0 Å². The van der Waals surface area contributed by atoms with Crippen LogP contribution in [0.25, 0.3) is 0 Å². The number of rotatable bonds is 4. The minimum atomic E-state index is -0.506. The van der Waals surface area contributed by atoms with Gasteiger partial charge in [0.25, 0.3) is 0 Å². The van der Waals surface area contributed by atoms with Crippen LogP contribution in [0.1, 0.15) is 25.0 Å². The van der Waals surface area contributed by atoms with Gasteiger partial charge in [-0.25, -0.2) is 0 Å². The van der Waals surface area contributed by atoms with E-state index in [0.717, 1.165) is 17.1 Å². The van der Waals surface area contributed by atoms with Gasteiger partial charge in [-0.05, 0) is 18.2 Å². The Hall–Kier alpha value is -1.26. The van der Waals surface area contributed by atoms with Crippen molar-refractivity contribution in [1.82, 2.24) is 0 Å². The molecule has 0 spiro atoms. The zero-order valence-corrected chi connectivity index (χ0v) is 11.1. The molecular weight excluding hydrogens is 232 g/mol. The highest BCUT2D eigenvalue weighted by molar-refractivity contribution is 5.43. The van der Waals surface area contributed by atoms with E-state index in [-0.39, 0.29) is 12.0 Å². The predicted molar refractivity (Wildman–Crippen MR) is 68.0 cm³/mol. The van der Waals surface area contributed by atoms with Crippen molar-refractivity contribution in [3.8, 4) is 11.5 Å². The molecule has 0 aromatic heterocycles. The number of hydrogen-bond donors (Lipinski definition) is 1. The summed E-state index contributed by atoms with van der Waals surface area (Å²) in [7, 11) is 3.29. The third-order valence-corrected chi connectivity index (χ3v) is 3.37. The maximum atomic E-state index is 10.2. The lowest BCUT2D eigenvalue weighted by Crippen LogP contribution is -2.33. The summed E-state index contributed by atoms with van der Waals surface area (Å²) in [6.45, 7) is 2.69. The summed E-state index contributed by atoms with van der Waals surface area (Å²) in [5.41, 5.74) is 0.801. The van der Waals surface area contributed by atoms with Crippen LogP contribution in [0.4, 0.5) is 0 Å². The number of hydrogen-bond acceptors (Lipinski definition) is 4. The first-order valence-corrected chi connectivity index (χ1v) is 6.17. The van der Waals surface area contributed by atoms with Crippen molar-refractivity contribution in [3.63, 3.8) is 0 Å². The van der Waals surface area contributed by atoms with Crippen LogP contribution in [-0.4, -0.2) is 32.0 Å². The molecule has 18 heavy (non-hydrogen) atoms. The molecule has 1 aromatic carbocycles. The molecule has 1 aliphatic heterocycles. The van der Waals surface area contributed by atoms with Crippen LogP contribution in [0.15, 0.2) is 18.2 Å². The highest BCUT2D eigenvalue weighted by Gasteiger charge is 2.30. The summed E-state index contributed by atoms with van der Waals surface area (Å²) in [5, 5.41) is 10.2. The van der Waals surface area contributed by atoms with Gasteiger partial charge in [-0.3, -0.25) is 0 Å². The lowest BCUT2D eigenvalue weighted by atomic mass is 9.92. The lowest BCUT2D eigenvalue weighted by molar-refractivity contribution is 0.0135. The number of aliphatic hydroxyl groups excluding tert-OH is 1. The maximum absolute atomic E-state index is 10.2.